The van der Waals surface area contributed by atoms with Crippen LogP contribution in [0, 0.1) is 6.92 Å². The molecular weight excluding hydrogens is 343 g/mol. The van der Waals surface area contributed by atoms with Crippen molar-refractivity contribution in [1.29, 1.82) is 0 Å². The van der Waals surface area contributed by atoms with E-state index in [9.17, 15) is 0 Å². The third kappa shape index (κ3) is 2.91. The summed E-state index contributed by atoms with van der Waals surface area (Å²) in [5.74, 6) is 0. The molecule has 0 bridgehead atoms. The molecule has 3 aromatic rings. The van der Waals surface area contributed by atoms with Crippen molar-refractivity contribution in [1.82, 2.24) is 0 Å². The van der Waals surface area contributed by atoms with Crippen LogP contribution in [0.4, 0.5) is 0 Å². The molecule has 0 saturated carbocycles. The summed E-state index contributed by atoms with van der Waals surface area (Å²) in [6, 6.07) is 28.9. The van der Waals surface area contributed by atoms with Gasteiger partial charge in [0.1, 0.15) is 0 Å². The molecule has 0 saturated heterocycles. The maximum atomic E-state index is 2.42. The summed E-state index contributed by atoms with van der Waals surface area (Å²) in [5.41, 5.74) is 5.60. The molecule has 0 spiro atoms. The summed E-state index contributed by atoms with van der Waals surface area (Å²) in [4.78, 5) is 0. The normalized spacial score (nSPS) is 18.1. The van der Waals surface area contributed by atoms with Crippen molar-refractivity contribution in [2.45, 2.75) is 12.2 Å². The molecule has 1 unspecified atom stereocenters. The van der Waals surface area contributed by atoms with Gasteiger partial charge in [0.05, 0.1) is 0 Å². The van der Waals surface area contributed by atoms with E-state index in [1.165, 1.54) is 32.0 Å². The number of rotatable bonds is 2. The van der Waals surface area contributed by atoms with Crippen LogP contribution < -0.4 is 4.46 Å². The second-order valence-corrected chi connectivity index (χ2v) is 10.1. The Balaban J connectivity index is 1.83. The maximum absolute atomic E-state index is 2.42. The van der Waals surface area contributed by atoms with E-state index in [4.69, 9.17) is 0 Å². The average Bonchev–Trinajstić information content (AvgIpc) is 2.96. The molecule has 1 aliphatic rings. The Kier molecular flexibility index (Phi) is 3.91. The molecule has 1 aliphatic heterocycles. The molecule has 0 amide bonds. The number of benzene rings is 3. The number of hydrogen-bond acceptors (Lipinski definition) is 0. The summed E-state index contributed by atoms with van der Waals surface area (Å²) < 4.78 is 3.10. The summed E-state index contributed by atoms with van der Waals surface area (Å²) >= 11 is -1.00. The van der Waals surface area contributed by atoms with Crippen LogP contribution in [0.1, 0.15) is 22.3 Å². The molecule has 0 aliphatic carbocycles. The van der Waals surface area contributed by atoms with E-state index < -0.39 is 13.9 Å². The number of aryl methyl sites for hydroxylation is 1. The SMILES string of the molecule is Cc1ccc(/C=C2\c3ccccc3C[Se+]2c2ccccc2)cc1. The Bertz CT molecular complexity index is 845. The monoisotopic (exact) mass is 363 g/mol. The predicted octanol–water partition coefficient (Wildman–Crippen LogP) is 4.57. The van der Waals surface area contributed by atoms with Crippen molar-refractivity contribution in [2.75, 3.05) is 0 Å². The van der Waals surface area contributed by atoms with Gasteiger partial charge >= 0.3 is 142 Å². The molecule has 23 heavy (non-hydrogen) atoms. The van der Waals surface area contributed by atoms with Crippen molar-refractivity contribution in [3.05, 3.63) is 101 Å². The van der Waals surface area contributed by atoms with E-state index in [0.717, 1.165) is 0 Å². The minimum atomic E-state index is -1.00. The zero-order chi connectivity index (χ0) is 15.6. The van der Waals surface area contributed by atoms with Gasteiger partial charge in [-0.3, -0.25) is 0 Å². The van der Waals surface area contributed by atoms with Crippen LogP contribution in [-0.4, -0.2) is 13.9 Å². The van der Waals surface area contributed by atoms with Crippen molar-refractivity contribution >= 4 is 28.9 Å². The van der Waals surface area contributed by atoms with E-state index in [1.807, 2.05) is 0 Å². The minimum absolute atomic E-state index is 1.00. The molecule has 1 heterocycles. The molecule has 0 fully saturated rings. The van der Waals surface area contributed by atoms with Crippen LogP contribution in [0.5, 0.6) is 0 Å². The number of fused-ring (bicyclic) bond motifs is 1. The van der Waals surface area contributed by atoms with Gasteiger partial charge in [-0.1, -0.05) is 0 Å². The molecule has 0 radical (unpaired) electrons. The molecule has 4 rings (SSSR count). The third-order valence-corrected chi connectivity index (χ3v) is 9.10. The Morgan fingerprint density at radius 2 is 1.48 bits per heavy atom. The van der Waals surface area contributed by atoms with Crippen LogP contribution >= 0.6 is 0 Å². The van der Waals surface area contributed by atoms with Gasteiger partial charge in [0.25, 0.3) is 0 Å². The van der Waals surface area contributed by atoms with E-state index in [-0.39, 0.29) is 0 Å². The van der Waals surface area contributed by atoms with Crippen LogP contribution in [0.2, 0.25) is 0 Å². The van der Waals surface area contributed by atoms with Gasteiger partial charge < -0.3 is 0 Å². The molecule has 0 aromatic heterocycles. The van der Waals surface area contributed by atoms with Crippen molar-refractivity contribution in [3.63, 3.8) is 0 Å². The van der Waals surface area contributed by atoms with E-state index in [1.54, 1.807) is 4.47 Å². The quantitative estimate of drug-likeness (QED) is 0.586. The van der Waals surface area contributed by atoms with E-state index in [0.29, 0.717) is 0 Å². The van der Waals surface area contributed by atoms with Crippen LogP contribution in [0.25, 0.3) is 10.5 Å². The Morgan fingerprint density at radius 1 is 0.783 bits per heavy atom. The van der Waals surface area contributed by atoms with Crippen molar-refractivity contribution < 1.29 is 0 Å². The second-order valence-electron chi connectivity index (χ2n) is 5.92. The molecular formula is C22H19Se+. The van der Waals surface area contributed by atoms with E-state index >= 15 is 0 Å². The molecule has 3 aromatic carbocycles. The summed E-state index contributed by atoms with van der Waals surface area (Å²) in [6.07, 6.45) is 2.42. The Labute approximate surface area is 142 Å². The summed E-state index contributed by atoms with van der Waals surface area (Å²) in [6.45, 7) is 2.14. The van der Waals surface area contributed by atoms with Crippen LogP contribution in [-0.2, 0) is 5.32 Å². The van der Waals surface area contributed by atoms with Gasteiger partial charge in [0, 0.05) is 0 Å². The first-order valence-corrected chi connectivity index (χ1v) is 10.9. The molecule has 1 heteroatoms. The van der Waals surface area contributed by atoms with E-state index in [2.05, 4.69) is 91.9 Å². The third-order valence-electron chi connectivity index (χ3n) is 4.25. The fourth-order valence-corrected chi connectivity index (χ4v) is 7.98. The zero-order valence-electron chi connectivity index (χ0n) is 13.2. The van der Waals surface area contributed by atoms with Gasteiger partial charge in [-0.25, -0.2) is 0 Å². The molecule has 1 atom stereocenters. The van der Waals surface area contributed by atoms with Crippen LogP contribution in [0.15, 0.2) is 78.9 Å². The first-order valence-electron chi connectivity index (χ1n) is 7.94. The van der Waals surface area contributed by atoms with Gasteiger partial charge in [0.2, 0.25) is 0 Å². The van der Waals surface area contributed by atoms with Crippen molar-refractivity contribution in [2.24, 2.45) is 0 Å². The summed E-state index contributed by atoms with van der Waals surface area (Å²) in [7, 11) is 0. The average molecular weight is 362 g/mol. The summed E-state index contributed by atoms with van der Waals surface area (Å²) in [5, 5.41) is 1.22. The first kappa shape index (κ1) is 14.5. The first-order chi connectivity index (χ1) is 11.3. The zero-order valence-corrected chi connectivity index (χ0v) is 14.9. The molecule has 0 N–H and O–H groups in total. The Hall–Kier alpha value is -2.08. The molecule has 0 nitrogen and oxygen atoms in total. The fraction of sp³-hybridized carbons (Fsp3) is 0.0909. The van der Waals surface area contributed by atoms with Crippen molar-refractivity contribution in [3.8, 4) is 0 Å². The van der Waals surface area contributed by atoms with Gasteiger partial charge in [0.15, 0.2) is 0 Å². The van der Waals surface area contributed by atoms with Gasteiger partial charge in [-0.2, -0.15) is 0 Å². The van der Waals surface area contributed by atoms with Crippen LogP contribution in [0.3, 0.4) is 0 Å². The fourth-order valence-electron chi connectivity index (χ4n) is 3.01. The number of hydrogen-bond donors (Lipinski definition) is 0. The second kappa shape index (κ2) is 6.20. The predicted molar refractivity (Wildman–Crippen MR) is 101 cm³/mol. The molecule has 112 valence electrons. The van der Waals surface area contributed by atoms with Gasteiger partial charge in [-0.05, 0) is 0 Å². The van der Waals surface area contributed by atoms with Gasteiger partial charge in [-0.15, -0.1) is 0 Å². The Morgan fingerprint density at radius 3 is 2.26 bits per heavy atom. The standard InChI is InChI=1S/C22H19Se/c1-17-11-13-18(14-12-17)15-22-21-10-6-5-7-19(21)16-23(22)20-8-3-2-4-9-20/h2-15H,16H2,1H3/q+1/b22-15+. The topological polar surface area (TPSA) is 0 Å².